The average Bonchev–Trinajstić information content (AvgIpc) is 3.13. The summed E-state index contributed by atoms with van der Waals surface area (Å²) in [6, 6.07) is 11.3. The second kappa shape index (κ2) is 9.04. The predicted octanol–water partition coefficient (Wildman–Crippen LogP) is 1.41. The van der Waals surface area contributed by atoms with E-state index in [1.54, 1.807) is 43.3 Å². The number of amides is 1. The minimum Gasteiger partial charge on any atom is -0.436 e. The van der Waals surface area contributed by atoms with Crippen molar-refractivity contribution in [1.29, 1.82) is 0 Å². The molecule has 1 amide bonds. The molecule has 0 spiro atoms. The van der Waals surface area contributed by atoms with Crippen molar-refractivity contribution >= 4 is 33.2 Å². The molecule has 1 fully saturated rings. The van der Waals surface area contributed by atoms with Crippen LogP contribution in [-0.2, 0) is 14.8 Å². The van der Waals surface area contributed by atoms with E-state index in [1.807, 2.05) is 6.07 Å². The number of hydrogen-bond donors (Lipinski definition) is 4. The number of nitrogens with zero attached hydrogens (tertiary/aromatic N) is 1. The number of benzene rings is 2. The van der Waals surface area contributed by atoms with E-state index in [-0.39, 0.29) is 16.7 Å². The van der Waals surface area contributed by atoms with Crippen molar-refractivity contribution in [3.8, 4) is 5.75 Å². The van der Waals surface area contributed by atoms with Crippen molar-refractivity contribution in [3.63, 3.8) is 0 Å². The zero-order chi connectivity index (χ0) is 22.8. The second-order valence-corrected chi connectivity index (χ2v) is 8.95. The van der Waals surface area contributed by atoms with Crippen LogP contribution in [0.15, 0.2) is 59.1 Å². The lowest BCUT2D eigenvalue weighted by Gasteiger charge is -2.18. The second-order valence-electron chi connectivity index (χ2n) is 6.98. The van der Waals surface area contributed by atoms with Crippen LogP contribution < -0.4 is 31.1 Å². The molecule has 166 valence electrons. The van der Waals surface area contributed by atoms with E-state index in [2.05, 4.69) is 10.6 Å². The summed E-state index contributed by atoms with van der Waals surface area (Å²) in [6.45, 7) is 0.433. The molecule has 6 N–H and O–H groups in total. The van der Waals surface area contributed by atoms with Crippen LogP contribution in [0.5, 0.6) is 5.75 Å². The molecule has 11 heteroatoms. The van der Waals surface area contributed by atoms with Gasteiger partial charge in [0.1, 0.15) is 5.75 Å². The van der Waals surface area contributed by atoms with Crippen LogP contribution in [0, 0.1) is 0 Å². The number of nitrogens with two attached hydrogens (primary N) is 2. The van der Waals surface area contributed by atoms with Gasteiger partial charge in [-0.3, -0.25) is 4.79 Å². The first-order valence-electron chi connectivity index (χ1n) is 9.39. The Morgan fingerprint density at radius 1 is 1.16 bits per heavy atom. The smallest absolute Gasteiger partial charge is 0.238 e. The van der Waals surface area contributed by atoms with Crippen LogP contribution >= 0.6 is 11.6 Å². The number of primary sulfonamides is 1. The van der Waals surface area contributed by atoms with Crippen molar-refractivity contribution in [1.82, 2.24) is 10.6 Å². The minimum absolute atomic E-state index is 0.00632. The molecule has 1 saturated heterocycles. The molecule has 31 heavy (non-hydrogen) atoms. The summed E-state index contributed by atoms with van der Waals surface area (Å²) < 4.78 is 28.7. The van der Waals surface area contributed by atoms with Crippen molar-refractivity contribution < 1.29 is 17.9 Å². The van der Waals surface area contributed by atoms with Crippen LogP contribution in [0.4, 0.5) is 5.69 Å². The first kappa shape index (κ1) is 22.7. The Morgan fingerprint density at radius 2 is 1.84 bits per heavy atom. The van der Waals surface area contributed by atoms with E-state index in [1.165, 1.54) is 12.1 Å². The van der Waals surface area contributed by atoms with Crippen LogP contribution in [0.3, 0.4) is 0 Å². The fourth-order valence-electron chi connectivity index (χ4n) is 3.31. The molecule has 0 bridgehead atoms. The van der Waals surface area contributed by atoms with Gasteiger partial charge in [-0.1, -0.05) is 17.7 Å². The number of anilines is 1. The van der Waals surface area contributed by atoms with Gasteiger partial charge in [0.2, 0.25) is 21.8 Å². The van der Waals surface area contributed by atoms with Gasteiger partial charge >= 0.3 is 0 Å². The topological polar surface area (TPSA) is 140 Å². The molecule has 0 unspecified atom stereocenters. The first-order valence-corrected chi connectivity index (χ1v) is 11.3. The van der Waals surface area contributed by atoms with E-state index in [9.17, 15) is 13.2 Å². The fourth-order valence-corrected chi connectivity index (χ4v) is 3.98. The number of carbonyl (C=O) groups excluding carboxylic acids is 1. The number of nitrogens with one attached hydrogen (secondary N) is 2. The molecule has 0 saturated carbocycles. The highest BCUT2D eigenvalue weighted by atomic mass is 35.5. The average molecular weight is 466 g/mol. The number of sulfonamides is 1. The van der Waals surface area contributed by atoms with Gasteiger partial charge in [-0.2, -0.15) is 0 Å². The summed E-state index contributed by atoms with van der Waals surface area (Å²) in [7, 11) is -0.450. The van der Waals surface area contributed by atoms with Gasteiger partial charge < -0.3 is 26.0 Å². The molecular formula is C20H24ClN5O4S. The van der Waals surface area contributed by atoms with Crippen molar-refractivity contribution in [3.05, 3.63) is 64.8 Å². The van der Waals surface area contributed by atoms with E-state index in [4.69, 9.17) is 27.2 Å². The van der Waals surface area contributed by atoms with Crippen LogP contribution in [0.25, 0.3) is 0 Å². The molecule has 1 heterocycles. The Morgan fingerprint density at radius 3 is 2.42 bits per heavy atom. The number of halogens is 1. The number of hydrogen-bond acceptors (Lipinski definition) is 7. The molecule has 1 aliphatic rings. The summed E-state index contributed by atoms with van der Waals surface area (Å²) in [5.74, 6) is 0.884. The zero-order valence-electron chi connectivity index (χ0n) is 17.1. The van der Waals surface area contributed by atoms with Gasteiger partial charge in [-0.25, -0.2) is 13.6 Å². The van der Waals surface area contributed by atoms with E-state index >= 15 is 0 Å². The van der Waals surface area contributed by atoms with Gasteiger partial charge in [-0.05, 0) is 42.0 Å². The SMILES string of the molecule is CN/C(N)=C(\NC)Oc1cc([C@H]2CC(=O)N(c3ccc(S(N)(=O)=O)cc3)C2)ccc1Cl. The van der Waals surface area contributed by atoms with Gasteiger partial charge in [-0.15, -0.1) is 0 Å². The third-order valence-corrected chi connectivity index (χ3v) is 6.22. The monoisotopic (exact) mass is 465 g/mol. The van der Waals surface area contributed by atoms with Gasteiger partial charge in [0.25, 0.3) is 0 Å². The largest absolute Gasteiger partial charge is 0.436 e. The zero-order valence-corrected chi connectivity index (χ0v) is 18.6. The Labute approximate surface area is 186 Å². The van der Waals surface area contributed by atoms with Crippen molar-refractivity contribution in [2.24, 2.45) is 10.9 Å². The Kier molecular flexibility index (Phi) is 6.63. The predicted molar refractivity (Wildman–Crippen MR) is 119 cm³/mol. The van der Waals surface area contributed by atoms with Gasteiger partial charge in [0.15, 0.2) is 5.82 Å². The van der Waals surface area contributed by atoms with Crippen LogP contribution in [-0.4, -0.2) is 35.0 Å². The molecular weight excluding hydrogens is 442 g/mol. The highest BCUT2D eigenvalue weighted by Crippen LogP contribution is 2.36. The summed E-state index contributed by atoms with van der Waals surface area (Å²) in [6.07, 6.45) is 0.297. The van der Waals surface area contributed by atoms with Gasteiger partial charge in [0, 0.05) is 38.7 Å². The fraction of sp³-hybridized carbons (Fsp3) is 0.250. The molecule has 9 nitrogen and oxygen atoms in total. The van der Waals surface area contributed by atoms with E-state index in [0.29, 0.717) is 41.1 Å². The van der Waals surface area contributed by atoms with Crippen LogP contribution in [0.2, 0.25) is 5.02 Å². The first-order chi connectivity index (χ1) is 14.6. The molecule has 3 rings (SSSR count). The molecule has 0 aliphatic carbocycles. The maximum Gasteiger partial charge on any atom is 0.238 e. The number of carbonyl (C=O) groups is 1. The normalized spacial score (nSPS) is 17.4. The van der Waals surface area contributed by atoms with E-state index < -0.39 is 10.0 Å². The number of rotatable bonds is 7. The summed E-state index contributed by atoms with van der Waals surface area (Å²) in [4.78, 5) is 14.2. The highest BCUT2D eigenvalue weighted by molar-refractivity contribution is 7.89. The third kappa shape index (κ3) is 5.04. The molecule has 1 atom stereocenters. The Hall–Kier alpha value is -2.95. The maximum absolute atomic E-state index is 12.6. The van der Waals surface area contributed by atoms with Crippen LogP contribution in [0.1, 0.15) is 17.9 Å². The molecule has 0 aromatic heterocycles. The lowest BCUT2D eigenvalue weighted by Crippen LogP contribution is -2.26. The summed E-state index contributed by atoms with van der Waals surface area (Å²) >= 11 is 6.28. The van der Waals surface area contributed by atoms with E-state index in [0.717, 1.165) is 5.56 Å². The van der Waals surface area contributed by atoms with Crippen molar-refractivity contribution in [2.45, 2.75) is 17.2 Å². The molecule has 0 radical (unpaired) electrons. The summed E-state index contributed by atoms with van der Waals surface area (Å²) in [5, 5.41) is 11.2. The highest BCUT2D eigenvalue weighted by Gasteiger charge is 2.32. The minimum atomic E-state index is -3.79. The summed E-state index contributed by atoms with van der Waals surface area (Å²) in [5.41, 5.74) is 7.35. The molecule has 1 aliphatic heterocycles. The molecule has 2 aromatic carbocycles. The Bertz CT molecular complexity index is 1120. The Balaban J connectivity index is 1.82. The quantitative estimate of drug-likeness (QED) is 0.453. The standard InChI is InChI=1S/C20H24ClN5O4S/c1-24-19(22)20(25-2)30-17-9-12(3-8-16(17)21)13-10-18(27)26(11-13)14-4-6-15(7-5-14)31(23,28)29/h3-9,13,24-25H,10-11,22H2,1-2H3,(H2,23,28,29)/b20-19+/t13-/m0/s1. The van der Waals surface area contributed by atoms with Gasteiger partial charge in [0.05, 0.1) is 9.92 Å². The third-order valence-electron chi connectivity index (χ3n) is 4.98. The number of ether oxygens (including phenoxy) is 1. The van der Waals surface area contributed by atoms with Crippen molar-refractivity contribution in [2.75, 3.05) is 25.5 Å². The lowest BCUT2D eigenvalue weighted by molar-refractivity contribution is -0.117. The maximum atomic E-state index is 12.6. The lowest BCUT2D eigenvalue weighted by atomic mass is 9.98. The molecule has 2 aromatic rings.